The molecule has 0 atom stereocenters. The lowest BCUT2D eigenvalue weighted by molar-refractivity contribution is 0.103. The maximum absolute atomic E-state index is 13.3. The van der Waals surface area contributed by atoms with Crippen LogP contribution in [0.25, 0.3) is 0 Å². The van der Waals surface area contributed by atoms with E-state index in [4.69, 9.17) is 5.73 Å². The highest BCUT2D eigenvalue weighted by Gasteiger charge is 2.13. The van der Waals surface area contributed by atoms with Crippen LogP contribution in [-0.4, -0.2) is 5.91 Å². The molecular weight excluding hydrogens is 319 g/mol. The molecule has 1 amide bonds. The first-order chi connectivity index (χ1) is 8.49. The van der Waals surface area contributed by atoms with E-state index in [-0.39, 0.29) is 11.7 Å². The van der Waals surface area contributed by atoms with E-state index >= 15 is 0 Å². The van der Waals surface area contributed by atoms with Gasteiger partial charge in [0.2, 0.25) is 0 Å². The fraction of sp³-hybridized carbons (Fsp3) is 0.0833. The number of amides is 1. The number of rotatable bonds is 2. The van der Waals surface area contributed by atoms with Crippen LogP contribution in [0.1, 0.15) is 15.2 Å². The molecule has 0 fully saturated rings. The number of aryl methyl sites for hydroxylation is 1. The summed E-state index contributed by atoms with van der Waals surface area (Å²) < 4.78 is 13.6. The molecule has 2 rings (SSSR count). The van der Waals surface area contributed by atoms with Crippen molar-refractivity contribution < 1.29 is 9.18 Å². The molecule has 94 valence electrons. The number of halogens is 2. The molecule has 3 N–H and O–H groups in total. The third kappa shape index (κ3) is 2.54. The number of thiophene rings is 1. The molecular formula is C12H10BrFN2OS. The number of benzene rings is 1. The van der Waals surface area contributed by atoms with Gasteiger partial charge in [-0.1, -0.05) is 0 Å². The summed E-state index contributed by atoms with van der Waals surface area (Å²) in [6.45, 7) is 1.73. The second-order valence-corrected chi connectivity index (χ2v) is 5.51. The van der Waals surface area contributed by atoms with Crippen molar-refractivity contribution in [2.24, 2.45) is 0 Å². The van der Waals surface area contributed by atoms with Crippen LogP contribution in [0.15, 0.2) is 28.1 Å². The molecule has 3 nitrogen and oxygen atoms in total. The largest absolute Gasteiger partial charge is 0.397 e. The lowest BCUT2D eigenvalue weighted by Gasteiger charge is -2.09. The Labute approximate surface area is 116 Å². The SMILES string of the molecule is Cc1cc(F)c(Br)cc1NC(=O)c1sccc1N. The van der Waals surface area contributed by atoms with Gasteiger partial charge < -0.3 is 11.1 Å². The van der Waals surface area contributed by atoms with Gasteiger partial charge in [0, 0.05) is 5.69 Å². The van der Waals surface area contributed by atoms with Gasteiger partial charge in [-0.2, -0.15) is 0 Å². The minimum Gasteiger partial charge on any atom is -0.397 e. The molecule has 0 saturated heterocycles. The van der Waals surface area contributed by atoms with Crippen molar-refractivity contribution >= 4 is 44.5 Å². The maximum Gasteiger partial charge on any atom is 0.267 e. The average molecular weight is 329 g/mol. The number of carbonyl (C=O) groups is 1. The fourth-order valence-electron chi connectivity index (χ4n) is 1.46. The Bertz CT molecular complexity index is 612. The Morgan fingerprint density at radius 2 is 2.22 bits per heavy atom. The Morgan fingerprint density at radius 1 is 1.50 bits per heavy atom. The molecule has 0 aliphatic rings. The van der Waals surface area contributed by atoms with Crippen molar-refractivity contribution in [3.05, 3.63) is 44.3 Å². The summed E-state index contributed by atoms with van der Waals surface area (Å²) in [6.07, 6.45) is 0. The quantitative estimate of drug-likeness (QED) is 0.881. The lowest BCUT2D eigenvalue weighted by atomic mass is 10.2. The molecule has 6 heteroatoms. The predicted octanol–water partition coefficient (Wildman–Crippen LogP) is 3.79. The summed E-state index contributed by atoms with van der Waals surface area (Å²) in [5.41, 5.74) is 7.32. The number of hydrogen-bond acceptors (Lipinski definition) is 3. The van der Waals surface area contributed by atoms with Crippen LogP contribution in [0.5, 0.6) is 0 Å². The van der Waals surface area contributed by atoms with Gasteiger partial charge in [0.1, 0.15) is 10.7 Å². The van der Waals surface area contributed by atoms with Crippen molar-refractivity contribution in [3.8, 4) is 0 Å². The Balaban J connectivity index is 2.28. The van der Waals surface area contributed by atoms with Gasteiger partial charge in [-0.05, 0) is 52.0 Å². The number of nitrogen functional groups attached to an aromatic ring is 1. The second-order valence-electron chi connectivity index (χ2n) is 3.74. The zero-order chi connectivity index (χ0) is 13.3. The first-order valence-corrected chi connectivity index (χ1v) is 6.76. The van der Waals surface area contributed by atoms with Crippen LogP contribution in [0.2, 0.25) is 0 Å². The van der Waals surface area contributed by atoms with Crippen LogP contribution in [0.3, 0.4) is 0 Å². The minimum absolute atomic E-state index is 0.288. The first-order valence-electron chi connectivity index (χ1n) is 5.09. The summed E-state index contributed by atoms with van der Waals surface area (Å²) in [4.78, 5) is 12.4. The molecule has 1 aromatic carbocycles. The molecule has 0 unspecified atom stereocenters. The smallest absolute Gasteiger partial charge is 0.267 e. The van der Waals surface area contributed by atoms with Crippen molar-refractivity contribution in [1.29, 1.82) is 0 Å². The molecule has 0 radical (unpaired) electrons. The number of nitrogens with one attached hydrogen (secondary N) is 1. The monoisotopic (exact) mass is 328 g/mol. The zero-order valence-electron chi connectivity index (χ0n) is 9.46. The van der Waals surface area contributed by atoms with Gasteiger partial charge in [0.15, 0.2) is 0 Å². The van der Waals surface area contributed by atoms with E-state index in [0.717, 1.165) is 0 Å². The van der Waals surface area contributed by atoms with E-state index in [1.165, 1.54) is 23.5 Å². The summed E-state index contributed by atoms with van der Waals surface area (Å²) in [5, 5.41) is 4.46. The average Bonchev–Trinajstić information content (AvgIpc) is 2.72. The van der Waals surface area contributed by atoms with E-state index in [1.807, 2.05) is 0 Å². The van der Waals surface area contributed by atoms with Crippen LogP contribution >= 0.6 is 27.3 Å². The third-order valence-corrected chi connectivity index (χ3v) is 3.95. The molecule has 1 heterocycles. The second kappa shape index (κ2) is 5.07. The molecule has 0 aliphatic heterocycles. The Kier molecular flexibility index (Phi) is 3.68. The number of hydrogen-bond donors (Lipinski definition) is 2. The van der Waals surface area contributed by atoms with Gasteiger partial charge >= 0.3 is 0 Å². The molecule has 0 saturated carbocycles. The van der Waals surface area contributed by atoms with Gasteiger partial charge in [-0.15, -0.1) is 11.3 Å². The van der Waals surface area contributed by atoms with Gasteiger partial charge in [-0.3, -0.25) is 4.79 Å². The molecule has 0 bridgehead atoms. The maximum atomic E-state index is 13.3. The molecule has 18 heavy (non-hydrogen) atoms. The topological polar surface area (TPSA) is 55.1 Å². The van der Waals surface area contributed by atoms with Crippen molar-refractivity contribution in [1.82, 2.24) is 0 Å². The first kappa shape index (κ1) is 13.0. The number of nitrogens with two attached hydrogens (primary N) is 1. The summed E-state index contributed by atoms with van der Waals surface area (Å²) >= 11 is 4.35. The molecule has 1 aromatic heterocycles. The Hall–Kier alpha value is -1.40. The normalized spacial score (nSPS) is 10.4. The van der Waals surface area contributed by atoms with E-state index in [9.17, 15) is 9.18 Å². The van der Waals surface area contributed by atoms with Crippen molar-refractivity contribution in [2.45, 2.75) is 6.92 Å². The zero-order valence-corrected chi connectivity index (χ0v) is 11.9. The van der Waals surface area contributed by atoms with E-state index in [0.29, 0.717) is 26.3 Å². The van der Waals surface area contributed by atoms with Crippen molar-refractivity contribution in [3.63, 3.8) is 0 Å². The van der Waals surface area contributed by atoms with Crippen LogP contribution in [0, 0.1) is 12.7 Å². The molecule has 2 aromatic rings. The summed E-state index contributed by atoms with van der Waals surface area (Å²) in [5.74, 6) is -0.648. The van der Waals surface area contributed by atoms with E-state index in [1.54, 1.807) is 18.4 Å². The highest BCUT2D eigenvalue weighted by Crippen LogP contribution is 2.26. The fourth-order valence-corrected chi connectivity index (χ4v) is 2.52. The van der Waals surface area contributed by atoms with E-state index in [2.05, 4.69) is 21.2 Å². The lowest BCUT2D eigenvalue weighted by Crippen LogP contribution is -2.13. The van der Waals surface area contributed by atoms with Crippen molar-refractivity contribution in [2.75, 3.05) is 11.1 Å². The van der Waals surface area contributed by atoms with Crippen LogP contribution in [-0.2, 0) is 0 Å². The van der Waals surface area contributed by atoms with Gasteiger partial charge in [-0.25, -0.2) is 4.39 Å². The Morgan fingerprint density at radius 3 is 2.83 bits per heavy atom. The van der Waals surface area contributed by atoms with Crippen LogP contribution in [0.4, 0.5) is 15.8 Å². The highest BCUT2D eigenvalue weighted by molar-refractivity contribution is 9.10. The van der Waals surface area contributed by atoms with Gasteiger partial charge in [0.25, 0.3) is 5.91 Å². The third-order valence-electron chi connectivity index (χ3n) is 2.42. The summed E-state index contributed by atoms with van der Waals surface area (Å²) in [6, 6.07) is 4.57. The number of anilines is 2. The summed E-state index contributed by atoms with van der Waals surface area (Å²) in [7, 11) is 0. The molecule has 0 spiro atoms. The highest BCUT2D eigenvalue weighted by atomic mass is 79.9. The number of carbonyl (C=O) groups excluding carboxylic acids is 1. The predicted molar refractivity (Wildman–Crippen MR) is 75.5 cm³/mol. The molecule has 0 aliphatic carbocycles. The minimum atomic E-state index is -0.360. The standard InChI is InChI=1S/C12H10BrFN2OS/c1-6-4-8(14)7(13)5-10(6)16-12(17)11-9(15)2-3-18-11/h2-5H,15H2,1H3,(H,16,17). The van der Waals surface area contributed by atoms with Crippen LogP contribution < -0.4 is 11.1 Å². The van der Waals surface area contributed by atoms with Gasteiger partial charge in [0.05, 0.1) is 10.2 Å². The van der Waals surface area contributed by atoms with E-state index < -0.39 is 0 Å².